The molecule has 1 aliphatic heterocycles. The third-order valence-electron chi connectivity index (χ3n) is 5.19. The van der Waals surface area contributed by atoms with Gasteiger partial charge in [-0.25, -0.2) is 8.42 Å². The standard InChI is InChI=1S/C22H29N3O3S/c1-18(19-9-5-4-6-10-19)24-22(26)17-23-20-11-13-21(14-12-20)29(27,28)25-15-7-2-3-8-16-25/h4-6,9-14,18,23H,2-3,7-8,15-17H2,1H3,(H,24,26)/t18-/m0/s1. The minimum absolute atomic E-state index is 0.0772. The number of amides is 1. The van der Waals surface area contributed by atoms with E-state index in [0.29, 0.717) is 23.7 Å². The molecule has 29 heavy (non-hydrogen) atoms. The first-order chi connectivity index (χ1) is 14.0. The van der Waals surface area contributed by atoms with Crippen LogP contribution in [-0.4, -0.2) is 38.3 Å². The summed E-state index contributed by atoms with van der Waals surface area (Å²) in [6, 6.07) is 16.3. The van der Waals surface area contributed by atoms with Crippen molar-refractivity contribution < 1.29 is 13.2 Å². The monoisotopic (exact) mass is 415 g/mol. The fraction of sp³-hybridized carbons (Fsp3) is 0.409. The van der Waals surface area contributed by atoms with Crippen molar-refractivity contribution in [2.45, 2.75) is 43.5 Å². The number of carbonyl (C=O) groups is 1. The number of benzene rings is 2. The lowest BCUT2D eigenvalue weighted by Crippen LogP contribution is -2.32. The highest BCUT2D eigenvalue weighted by atomic mass is 32.2. The number of nitrogens with one attached hydrogen (secondary N) is 2. The maximum Gasteiger partial charge on any atom is 0.243 e. The second kappa shape index (κ2) is 9.89. The molecule has 0 aliphatic carbocycles. The normalized spacial score (nSPS) is 16.6. The quantitative estimate of drug-likeness (QED) is 0.725. The summed E-state index contributed by atoms with van der Waals surface area (Å²) in [5.74, 6) is -0.123. The van der Waals surface area contributed by atoms with Crippen molar-refractivity contribution in [3.63, 3.8) is 0 Å². The van der Waals surface area contributed by atoms with Gasteiger partial charge in [-0.1, -0.05) is 43.2 Å². The molecule has 7 heteroatoms. The average molecular weight is 416 g/mol. The predicted octanol–water partition coefficient (Wildman–Crippen LogP) is 3.54. The first-order valence-corrected chi connectivity index (χ1v) is 11.6. The van der Waals surface area contributed by atoms with E-state index in [1.165, 1.54) is 0 Å². The van der Waals surface area contributed by atoms with E-state index < -0.39 is 10.0 Å². The Morgan fingerprint density at radius 3 is 2.21 bits per heavy atom. The van der Waals surface area contributed by atoms with Crippen molar-refractivity contribution in [2.24, 2.45) is 0 Å². The Balaban J connectivity index is 1.54. The Labute approximate surface area is 173 Å². The van der Waals surface area contributed by atoms with E-state index in [-0.39, 0.29) is 18.5 Å². The first-order valence-electron chi connectivity index (χ1n) is 10.2. The summed E-state index contributed by atoms with van der Waals surface area (Å²) in [5, 5.41) is 6.00. The summed E-state index contributed by atoms with van der Waals surface area (Å²) in [5.41, 5.74) is 1.76. The van der Waals surface area contributed by atoms with Gasteiger partial charge in [0, 0.05) is 18.8 Å². The topological polar surface area (TPSA) is 78.5 Å². The summed E-state index contributed by atoms with van der Waals surface area (Å²) in [4.78, 5) is 12.5. The zero-order valence-electron chi connectivity index (χ0n) is 16.8. The number of sulfonamides is 1. The highest BCUT2D eigenvalue weighted by Crippen LogP contribution is 2.21. The molecule has 1 saturated heterocycles. The molecule has 1 heterocycles. The van der Waals surface area contributed by atoms with Crippen LogP contribution in [0.5, 0.6) is 0 Å². The fourth-order valence-corrected chi connectivity index (χ4v) is 4.99. The van der Waals surface area contributed by atoms with Crippen molar-refractivity contribution in [2.75, 3.05) is 25.0 Å². The van der Waals surface area contributed by atoms with Crippen LogP contribution in [-0.2, 0) is 14.8 Å². The molecule has 0 saturated carbocycles. The van der Waals surface area contributed by atoms with Crippen LogP contribution in [0.2, 0.25) is 0 Å². The number of anilines is 1. The Morgan fingerprint density at radius 1 is 0.966 bits per heavy atom. The van der Waals surface area contributed by atoms with Gasteiger partial charge in [0.05, 0.1) is 17.5 Å². The molecular weight excluding hydrogens is 386 g/mol. The fourth-order valence-electron chi connectivity index (χ4n) is 3.48. The molecule has 3 rings (SSSR count). The third-order valence-corrected chi connectivity index (χ3v) is 7.10. The SMILES string of the molecule is C[C@H](NC(=O)CNc1ccc(S(=O)(=O)N2CCCCCC2)cc1)c1ccccc1. The largest absolute Gasteiger partial charge is 0.376 e. The number of hydrogen-bond acceptors (Lipinski definition) is 4. The predicted molar refractivity (Wildman–Crippen MR) is 115 cm³/mol. The van der Waals surface area contributed by atoms with Crippen molar-refractivity contribution in [3.8, 4) is 0 Å². The van der Waals surface area contributed by atoms with E-state index in [1.807, 2.05) is 37.3 Å². The molecule has 2 aromatic rings. The van der Waals surface area contributed by atoms with Crippen molar-refractivity contribution >= 4 is 21.6 Å². The van der Waals surface area contributed by atoms with Crippen LogP contribution in [0, 0.1) is 0 Å². The maximum atomic E-state index is 12.8. The summed E-state index contributed by atoms with van der Waals surface area (Å²) in [7, 11) is -3.45. The minimum atomic E-state index is -3.45. The van der Waals surface area contributed by atoms with Crippen LogP contribution < -0.4 is 10.6 Å². The molecule has 0 aromatic heterocycles. The van der Waals surface area contributed by atoms with Crippen LogP contribution in [0.15, 0.2) is 59.5 Å². The molecule has 0 spiro atoms. The van der Waals surface area contributed by atoms with Gasteiger partial charge in [0.25, 0.3) is 0 Å². The van der Waals surface area contributed by atoms with Crippen LogP contribution >= 0.6 is 0 Å². The van der Waals surface area contributed by atoms with Crippen molar-refractivity contribution in [3.05, 3.63) is 60.2 Å². The van der Waals surface area contributed by atoms with Crippen molar-refractivity contribution in [1.82, 2.24) is 9.62 Å². The Kier molecular flexibility index (Phi) is 7.28. The molecule has 6 nitrogen and oxygen atoms in total. The van der Waals surface area contributed by atoms with Gasteiger partial charge in [0.15, 0.2) is 0 Å². The molecule has 1 amide bonds. The Hall–Kier alpha value is -2.38. The van der Waals surface area contributed by atoms with Gasteiger partial charge in [-0.15, -0.1) is 0 Å². The molecule has 1 aliphatic rings. The van der Waals surface area contributed by atoms with Gasteiger partial charge in [-0.2, -0.15) is 4.31 Å². The van der Waals surface area contributed by atoms with E-state index in [2.05, 4.69) is 10.6 Å². The lowest BCUT2D eigenvalue weighted by atomic mass is 10.1. The number of rotatable bonds is 7. The average Bonchev–Trinajstić information content (AvgIpc) is 3.03. The van der Waals surface area contributed by atoms with Crippen LogP contribution in [0.3, 0.4) is 0 Å². The molecule has 0 radical (unpaired) electrons. The van der Waals surface area contributed by atoms with E-state index >= 15 is 0 Å². The number of nitrogens with zero attached hydrogens (tertiary/aromatic N) is 1. The van der Waals surface area contributed by atoms with Gasteiger partial charge in [-0.05, 0) is 49.6 Å². The van der Waals surface area contributed by atoms with E-state index in [4.69, 9.17) is 0 Å². The molecule has 2 aromatic carbocycles. The van der Waals surface area contributed by atoms with E-state index in [0.717, 1.165) is 31.2 Å². The smallest absolute Gasteiger partial charge is 0.243 e. The second-order valence-corrected chi connectivity index (χ2v) is 9.33. The zero-order chi connectivity index (χ0) is 20.7. The van der Waals surface area contributed by atoms with Crippen LogP contribution in [0.1, 0.15) is 44.2 Å². The van der Waals surface area contributed by atoms with Gasteiger partial charge < -0.3 is 10.6 Å². The van der Waals surface area contributed by atoms with Gasteiger partial charge in [-0.3, -0.25) is 4.79 Å². The lowest BCUT2D eigenvalue weighted by Gasteiger charge is -2.20. The van der Waals surface area contributed by atoms with Gasteiger partial charge in [0.2, 0.25) is 15.9 Å². The van der Waals surface area contributed by atoms with Gasteiger partial charge >= 0.3 is 0 Å². The molecule has 1 fully saturated rings. The molecule has 0 unspecified atom stereocenters. The summed E-state index contributed by atoms with van der Waals surface area (Å²) in [6.07, 6.45) is 3.99. The third kappa shape index (κ3) is 5.81. The van der Waals surface area contributed by atoms with E-state index in [9.17, 15) is 13.2 Å². The highest BCUT2D eigenvalue weighted by Gasteiger charge is 2.24. The molecular formula is C22H29N3O3S. The van der Waals surface area contributed by atoms with Crippen LogP contribution in [0.25, 0.3) is 0 Å². The minimum Gasteiger partial charge on any atom is -0.376 e. The molecule has 2 N–H and O–H groups in total. The Morgan fingerprint density at radius 2 is 1.59 bits per heavy atom. The van der Waals surface area contributed by atoms with Crippen LogP contribution in [0.4, 0.5) is 5.69 Å². The maximum absolute atomic E-state index is 12.8. The molecule has 156 valence electrons. The second-order valence-electron chi connectivity index (χ2n) is 7.40. The molecule has 1 atom stereocenters. The summed E-state index contributed by atoms with van der Waals surface area (Å²) in [6.45, 7) is 3.23. The zero-order valence-corrected chi connectivity index (χ0v) is 17.6. The van der Waals surface area contributed by atoms with Crippen molar-refractivity contribution in [1.29, 1.82) is 0 Å². The lowest BCUT2D eigenvalue weighted by molar-refractivity contribution is -0.120. The highest BCUT2D eigenvalue weighted by molar-refractivity contribution is 7.89. The van der Waals surface area contributed by atoms with E-state index in [1.54, 1.807) is 28.6 Å². The summed E-state index contributed by atoms with van der Waals surface area (Å²) >= 11 is 0. The van der Waals surface area contributed by atoms with Gasteiger partial charge in [0.1, 0.15) is 0 Å². The molecule has 0 bridgehead atoms. The number of carbonyl (C=O) groups excluding carboxylic acids is 1. The number of hydrogen-bond donors (Lipinski definition) is 2. The summed E-state index contributed by atoms with van der Waals surface area (Å²) < 4.78 is 27.2. The first kappa shape index (κ1) is 21.3. The Bertz CT molecular complexity index is 891.